The second-order valence-electron chi connectivity index (χ2n) is 3.94. The predicted octanol–water partition coefficient (Wildman–Crippen LogP) is 0.965. The molecule has 1 amide bonds. The minimum Gasteiger partial charge on any atom is -0.392 e. The second kappa shape index (κ2) is 4.09. The van der Waals surface area contributed by atoms with E-state index in [2.05, 4.69) is 5.32 Å². The van der Waals surface area contributed by atoms with Gasteiger partial charge in [-0.1, -0.05) is 0 Å². The van der Waals surface area contributed by atoms with Gasteiger partial charge in [-0.05, 0) is 25.1 Å². The molecular formula is C11H13FN2O2. The molecule has 1 aliphatic heterocycles. The summed E-state index contributed by atoms with van der Waals surface area (Å²) in [4.78, 5) is 13.1. The zero-order valence-electron chi connectivity index (χ0n) is 8.90. The van der Waals surface area contributed by atoms with Gasteiger partial charge in [-0.15, -0.1) is 0 Å². The Morgan fingerprint density at radius 2 is 2.38 bits per heavy atom. The fraction of sp³-hybridized carbons (Fsp3) is 0.364. The standard InChI is InChI=1S/C11H13FN2O2/c1-7(15)5-14-6-11(16)13-9-4-8(12)2-3-10(9)14/h2-4,7,15H,5-6H2,1H3,(H,13,16). The molecule has 2 N–H and O–H groups in total. The van der Waals surface area contributed by atoms with E-state index in [9.17, 15) is 14.3 Å². The van der Waals surface area contributed by atoms with Crippen LogP contribution in [0.5, 0.6) is 0 Å². The third kappa shape index (κ3) is 2.14. The van der Waals surface area contributed by atoms with Gasteiger partial charge in [0.1, 0.15) is 5.82 Å². The van der Waals surface area contributed by atoms with Crippen LogP contribution in [-0.2, 0) is 4.79 Å². The van der Waals surface area contributed by atoms with Crippen molar-refractivity contribution in [2.24, 2.45) is 0 Å². The normalized spacial score (nSPS) is 16.7. The summed E-state index contributed by atoms with van der Waals surface area (Å²) in [5.74, 6) is -0.586. The summed E-state index contributed by atoms with van der Waals surface area (Å²) in [6.45, 7) is 2.19. The Morgan fingerprint density at radius 3 is 3.06 bits per heavy atom. The summed E-state index contributed by atoms with van der Waals surface area (Å²) in [5, 5.41) is 11.9. The maximum atomic E-state index is 13.0. The van der Waals surface area contributed by atoms with Crippen molar-refractivity contribution in [3.05, 3.63) is 24.0 Å². The van der Waals surface area contributed by atoms with Crippen molar-refractivity contribution in [3.8, 4) is 0 Å². The van der Waals surface area contributed by atoms with E-state index < -0.39 is 11.9 Å². The Kier molecular flexibility index (Phi) is 2.78. The Morgan fingerprint density at radius 1 is 1.62 bits per heavy atom. The van der Waals surface area contributed by atoms with Crippen molar-refractivity contribution >= 4 is 17.3 Å². The minimum absolute atomic E-state index is 0.184. The number of nitrogens with one attached hydrogen (secondary N) is 1. The van der Waals surface area contributed by atoms with Crippen molar-refractivity contribution in [1.29, 1.82) is 0 Å². The van der Waals surface area contributed by atoms with E-state index in [1.54, 1.807) is 17.9 Å². The Bertz CT molecular complexity index is 420. The number of β-amino-alcohol motifs (C(OH)–C–C–N with tert-alkyl or cyclic N) is 1. The molecule has 0 spiro atoms. The summed E-state index contributed by atoms with van der Waals surface area (Å²) in [6.07, 6.45) is -0.538. The molecule has 2 rings (SSSR count). The molecule has 1 unspecified atom stereocenters. The molecular weight excluding hydrogens is 211 g/mol. The van der Waals surface area contributed by atoms with Gasteiger partial charge in [-0.3, -0.25) is 4.79 Å². The third-order valence-electron chi connectivity index (χ3n) is 2.39. The molecule has 0 aliphatic carbocycles. The van der Waals surface area contributed by atoms with Crippen molar-refractivity contribution in [1.82, 2.24) is 0 Å². The number of halogens is 1. The van der Waals surface area contributed by atoms with Gasteiger partial charge in [-0.2, -0.15) is 0 Å². The summed E-state index contributed by atoms with van der Waals surface area (Å²) in [5.41, 5.74) is 1.19. The first-order valence-corrected chi connectivity index (χ1v) is 5.08. The van der Waals surface area contributed by atoms with Crippen LogP contribution >= 0.6 is 0 Å². The number of nitrogens with zero attached hydrogens (tertiary/aromatic N) is 1. The molecule has 4 nitrogen and oxygen atoms in total. The first-order valence-electron chi connectivity index (χ1n) is 5.08. The van der Waals surface area contributed by atoms with E-state index in [0.29, 0.717) is 12.2 Å². The van der Waals surface area contributed by atoms with E-state index in [1.807, 2.05) is 0 Å². The summed E-state index contributed by atoms with van der Waals surface area (Å²) in [7, 11) is 0. The largest absolute Gasteiger partial charge is 0.392 e. The van der Waals surface area contributed by atoms with Crippen LogP contribution in [0.1, 0.15) is 6.92 Å². The number of hydrogen-bond acceptors (Lipinski definition) is 3. The van der Waals surface area contributed by atoms with Crippen LogP contribution in [-0.4, -0.2) is 30.2 Å². The van der Waals surface area contributed by atoms with Crippen molar-refractivity contribution in [3.63, 3.8) is 0 Å². The van der Waals surface area contributed by atoms with Crippen molar-refractivity contribution in [2.45, 2.75) is 13.0 Å². The topological polar surface area (TPSA) is 52.6 Å². The van der Waals surface area contributed by atoms with Crippen LogP contribution in [0.15, 0.2) is 18.2 Å². The highest BCUT2D eigenvalue weighted by atomic mass is 19.1. The summed E-state index contributed by atoms with van der Waals surface area (Å²) >= 11 is 0. The number of amides is 1. The molecule has 0 aromatic heterocycles. The number of aliphatic hydroxyl groups is 1. The van der Waals surface area contributed by atoms with Crippen molar-refractivity contribution < 1.29 is 14.3 Å². The number of fused-ring (bicyclic) bond motifs is 1. The molecule has 0 saturated carbocycles. The fourth-order valence-corrected chi connectivity index (χ4v) is 1.81. The molecule has 0 radical (unpaired) electrons. The Balaban J connectivity index is 2.34. The van der Waals surface area contributed by atoms with Gasteiger partial charge in [0.05, 0.1) is 24.0 Å². The number of hydrogen-bond donors (Lipinski definition) is 2. The molecule has 1 atom stereocenters. The first kappa shape index (κ1) is 10.9. The fourth-order valence-electron chi connectivity index (χ4n) is 1.81. The van der Waals surface area contributed by atoms with E-state index in [1.165, 1.54) is 12.1 Å². The van der Waals surface area contributed by atoms with Gasteiger partial charge >= 0.3 is 0 Å². The molecule has 0 saturated heterocycles. The van der Waals surface area contributed by atoms with Crippen LogP contribution in [0.2, 0.25) is 0 Å². The quantitative estimate of drug-likeness (QED) is 0.786. The highest BCUT2D eigenvalue weighted by Crippen LogP contribution is 2.29. The second-order valence-corrected chi connectivity index (χ2v) is 3.94. The maximum absolute atomic E-state index is 13.0. The van der Waals surface area contributed by atoms with E-state index >= 15 is 0 Å². The molecule has 1 aliphatic rings. The van der Waals surface area contributed by atoms with Crippen molar-refractivity contribution in [2.75, 3.05) is 23.3 Å². The highest BCUT2D eigenvalue weighted by Gasteiger charge is 2.22. The lowest BCUT2D eigenvalue weighted by Crippen LogP contribution is -2.41. The summed E-state index contributed by atoms with van der Waals surface area (Å²) < 4.78 is 13.0. The third-order valence-corrected chi connectivity index (χ3v) is 2.39. The van der Waals surface area contributed by atoms with E-state index in [4.69, 9.17) is 0 Å². The smallest absolute Gasteiger partial charge is 0.243 e. The molecule has 1 aromatic rings. The Labute approximate surface area is 92.7 Å². The van der Waals surface area contributed by atoms with Gasteiger partial charge < -0.3 is 15.3 Å². The molecule has 16 heavy (non-hydrogen) atoms. The van der Waals surface area contributed by atoms with Crippen LogP contribution < -0.4 is 10.2 Å². The number of benzene rings is 1. The number of aliphatic hydroxyl groups excluding tert-OH is 1. The SMILES string of the molecule is CC(O)CN1CC(=O)Nc2cc(F)ccc21. The predicted molar refractivity (Wildman–Crippen MR) is 58.9 cm³/mol. The number of rotatable bonds is 2. The van der Waals surface area contributed by atoms with Crippen LogP contribution in [0, 0.1) is 5.82 Å². The Hall–Kier alpha value is -1.62. The number of carbonyl (C=O) groups is 1. The number of anilines is 2. The molecule has 0 fully saturated rings. The molecule has 86 valence electrons. The van der Waals surface area contributed by atoms with Gasteiger partial charge in [-0.25, -0.2) is 4.39 Å². The zero-order valence-corrected chi connectivity index (χ0v) is 8.90. The van der Waals surface area contributed by atoms with E-state index in [0.717, 1.165) is 5.69 Å². The lowest BCUT2D eigenvalue weighted by atomic mass is 10.1. The molecule has 1 aromatic carbocycles. The van der Waals surface area contributed by atoms with Crippen LogP contribution in [0.3, 0.4) is 0 Å². The van der Waals surface area contributed by atoms with E-state index in [-0.39, 0.29) is 12.5 Å². The maximum Gasteiger partial charge on any atom is 0.243 e. The molecule has 1 heterocycles. The lowest BCUT2D eigenvalue weighted by molar-refractivity contribution is -0.115. The summed E-state index contributed by atoms with van der Waals surface area (Å²) in [6, 6.07) is 4.22. The van der Waals surface area contributed by atoms with Gasteiger partial charge in [0.25, 0.3) is 0 Å². The zero-order chi connectivity index (χ0) is 11.7. The van der Waals surface area contributed by atoms with Gasteiger partial charge in [0, 0.05) is 6.54 Å². The number of carbonyl (C=O) groups excluding carboxylic acids is 1. The van der Waals surface area contributed by atoms with Gasteiger partial charge in [0.15, 0.2) is 0 Å². The lowest BCUT2D eigenvalue weighted by Gasteiger charge is -2.31. The minimum atomic E-state index is -0.538. The van der Waals surface area contributed by atoms with Crippen LogP contribution in [0.4, 0.5) is 15.8 Å². The van der Waals surface area contributed by atoms with Crippen LogP contribution in [0.25, 0.3) is 0 Å². The average molecular weight is 224 g/mol. The van der Waals surface area contributed by atoms with Gasteiger partial charge in [0.2, 0.25) is 5.91 Å². The average Bonchev–Trinajstić information content (AvgIpc) is 2.15. The monoisotopic (exact) mass is 224 g/mol. The highest BCUT2D eigenvalue weighted by molar-refractivity contribution is 6.01. The molecule has 0 bridgehead atoms. The first-order chi connectivity index (χ1) is 7.56. The molecule has 5 heteroatoms.